The first-order valence-corrected chi connectivity index (χ1v) is 8.72. The number of carbonyl (C=O) groups excluding carboxylic acids is 1. The lowest BCUT2D eigenvalue weighted by Crippen LogP contribution is -2.45. The second kappa shape index (κ2) is 8.15. The highest BCUT2D eigenvalue weighted by molar-refractivity contribution is 7.80. The first-order chi connectivity index (χ1) is 11.5. The molecule has 0 radical (unpaired) electrons. The van der Waals surface area contributed by atoms with Gasteiger partial charge in [0.25, 0.3) is 0 Å². The number of ether oxygens (including phenoxy) is 1. The van der Waals surface area contributed by atoms with Crippen LogP contribution in [0.15, 0.2) is 35.5 Å². The molecular weight excluding hydrogens is 322 g/mol. The summed E-state index contributed by atoms with van der Waals surface area (Å²) in [6, 6.07) is 7.92. The molecule has 0 amide bonds. The van der Waals surface area contributed by atoms with Gasteiger partial charge in [-0.15, -0.1) is 0 Å². The lowest BCUT2D eigenvalue weighted by molar-refractivity contribution is -0.139. The fourth-order valence-electron chi connectivity index (χ4n) is 2.89. The van der Waals surface area contributed by atoms with E-state index in [1.807, 2.05) is 19.1 Å². The van der Waals surface area contributed by atoms with Gasteiger partial charge in [0.05, 0.1) is 18.2 Å². The van der Waals surface area contributed by atoms with Gasteiger partial charge in [-0.2, -0.15) is 0 Å². The summed E-state index contributed by atoms with van der Waals surface area (Å²) in [6.45, 7) is 10.2. The van der Waals surface area contributed by atoms with Crippen LogP contribution < -0.4 is 15.5 Å². The van der Waals surface area contributed by atoms with Gasteiger partial charge >= 0.3 is 5.97 Å². The quantitative estimate of drug-likeness (QED) is 0.610. The summed E-state index contributed by atoms with van der Waals surface area (Å²) in [6.07, 6.45) is 0. The van der Waals surface area contributed by atoms with Crippen molar-refractivity contribution in [2.75, 3.05) is 24.6 Å². The van der Waals surface area contributed by atoms with Crippen LogP contribution in [0.4, 0.5) is 5.69 Å². The van der Waals surface area contributed by atoms with Crippen molar-refractivity contribution < 1.29 is 9.53 Å². The Morgan fingerprint density at radius 3 is 2.38 bits per heavy atom. The van der Waals surface area contributed by atoms with Gasteiger partial charge in [0.1, 0.15) is 0 Å². The SMILES string of the molecule is CCOC(=O)C1=C(C)NC(=S)N[C@H]1c1ccc(N(CC)CC)cc1. The summed E-state index contributed by atoms with van der Waals surface area (Å²) in [5, 5.41) is 6.70. The normalized spacial score (nSPS) is 17.2. The van der Waals surface area contributed by atoms with Crippen molar-refractivity contribution in [3.63, 3.8) is 0 Å². The summed E-state index contributed by atoms with van der Waals surface area (Å²) in [7, 11) is 0. The van der Waals surface area contributed by atoms with Crippen LogP contribution in [-0.2, 0) is 9.53 Å². The molecule has 1 aromatic rings. The Kier molecular flexibility index (Phi) is 6.20. The summed E-state index contributed by atoms with van der Waals surface area (Å²) < 4.78 is 5.21. The van der Waals surface area contributed by atoms with Crippen LogP contribution in [0.25, 0.3) is 0 Å². The minimum Gasteiger partial charge on any atom is -0.463 e. The van der Waals surface area contributed by atoms with E-state index in [1.165, 1.54) is 5.69 Å². The Morgan fingerprint density at radius 2 is 1.83 bits per heavy atom. The van der Waals surface area contributed by atoms with E-state index in [1.54, 1.807) is 6.92 Å². The molecule has 2 rings (SSSR count). The third kappa shape index (κ3) is 3.87. The minimum atomic E-state index is -0.324. The van der Waals surface area contributed by atoms with Crippen molar-refractivity contribution in [2.45, 2.75) is 33.7 Å². The summed E-state index contributed by atoms with van der Waals surface area (Å²) in [5.41, 5.74) is 3.45. The number of allylic oxidation sites excluding steroid dienone is 1. The van der Waals surface area contributed by atoms with Crippen molar-refractivity contribution in [3.05, 3.63) is 41.1 Å². The molecule has 0 unspecified atom stereocenters. The van der Waals surface area contributed by atoms with Gasteiger partial charge in [-0.1, -0.05) is 12.1 Å². The molecule has 2 N–H and O–H groups in total. The van der Waals surface area contributed by atoms with Gasteiger partial charge in [0, 0.05) is 24.5 Å². The number of hydrogen-bond acceptors (Lipinski definition) is 4. The Labute approximate surface area is 149 Å². The molecule has 1 aliphatic heterocycles. The van der Waals surface area contributed by atoms with Gasteiger partial charge < -0.3 is 20.3 Å². The molecule has 1 heterocycles. The molecule has 1 atom stereocenters. The van der Waals surface area contributed by atoms with Crippen LogP contribution in [-0.4, -0.2) is 30.8 Å². The second-order valence-corrected chi connectivity index (χ2v) is 5.96. The molecule has 130 valence electrons. The number of anilines is 1. The molecule has 1 aliphatic rings. The molecule has 6 heteroatoms. The van der Waals surface area contributed by atoms with E-state index >= 15 is 0 Å². The van der Waals surface area contributed by atoms with Crippen molar-refractivity contribution >= 4 is 29.0 Å². The number of thiocarbonyl (C=S) groups is 1. The maximum absolute atomic E-state index is 12.4. The number of carbonyl (C=O) groups is 1. The van der Waals surface area contributed by atoms with Crippen LogP contribution in [0.5, 0.6) is 0 Å². The highest BCUT2D eigenvalue weighted by Crippen LogP contribution is 2.29. The third-order valence-corrected chi connectivity index (χ3v) is 4.34. The van der Waals surface area contributed by atoms with E-state index in [2.05, 4.69) is 41.5 Å². The highest BCUT2D eigenvalue weighted by atomic mass is 32.1. The van der Waals surface area contributed by atoms with E-state index < -0.39 is 0 Å². The molecule has 0 saturated carbocycles. The van der Waals surface area contributed by atoms with E-state index in [4.69, 9.17) is 17.0 Å². The number of nitrogens with one attached hydrogen (secondary N) is 2. The molecule has 24 heavy (non-hydrogen) atoms. The first kappa shape index (κ1) is 18.3. The monoisotopic (exact) mass is 347 g/mol. The van der Waals surface area contributed by atoms with Crippen molar-refractivity contribution in [2.24, 2.45) is 0 Å². The average Bonchev–Trinajstić information content (AvgIpc) is 2.56. The molecule has 0 spiro atoms. The summed E-state index contributed by atoms with van der Waals surface area (Å²) in [4.78, 5) is 14.6. The number of rotatable bonds is 6. The Bertz CT molecular complexity index is 636. The summed E-state index contributed by atoms with van der Waals surface area (Å²) >= 11 is 5.25. The van der Waals surface area contributed by atoms with Crippen LogP contribution in [0.2, 0.25) is 0 Å². The second-order valence-electron chi connectivity index (χ2n) is 5.55. The highest BCUT2D eigenvalue weighted by Gasteiger charge is 2.30. The van der Waals surface area contributed by atoms with Crippen LogP contribution in [0, 0.1) is 0 Å². The van der Waals surface area contributed by atoms with Crippen LogP contribution >= 0.6 is 12.2 Å². The molecular formula is C18H25N3O2S. The van der Waals surface area contributed by atoms with Gasteiger partial charge in [-0.05, 0) is 57.6 Å². The zero-order chi connectivity index (χ0) is 17.7. The van der Waals surface area contributed by atoms with Crippen LogP contribution in [0.1, 0.15) is 39.3 Å². The maximum Gasteiger partial charge on any atom is 0.338 e. The lowest BCUT2D eigenvalue weighted by Gasteiger charge is -2.30. The number of hydrogen-bond donors (Lipinski definition) is 2. The topological polar surface area (TPSA) is 53.6 Å². The predicted molar refractivity (Wildman–Crippen MR) is 101 cm³/mol. The largest absolute Gasteiger partial charge is 0.463 e. The lowest BCUT2D eigenvalue weighted by atomic mass is 9.95. The van der Waals surface area contributed by atoms with E-state index in [9.17, 15) is 4.79 Å². The molecule has 0 aromatic heterocycles. The van der Waals surface area contributed by atoms with E-state index in [0.717, 1.165) is 24.4 Å². The van der Waals surface area contributed by atoms with Gasteiger partial charge in [-0.25, -0.2) is 4.79 Å². The molecule has 5 nitrogen and oxygen atoms in total. The Hall–Kier alpha value is -2.08. The molecule has 0 saturated heterocycles. The Morgan fingerprint density at radius 1 is 1.21 bits per heavy atom. The number of benzene rings is 1. The van der Waals surface area contributed by atoms with Gasteiger partial charge in [0.15, 0.2) is 5.11 Å². The predicted octanol–water partition coefficient (Wildman–Crippen LogP) is 2.89. The number of nitrogens with zero attached hydrogens (tertiary/aromatic N) is 1. The number of esters is 1. The van der Waals surface area contributed by atoms with Crippen LogP contribution in [0.3, 0.4) is 0 Å². The molecule has 0 fully saturated rings. The minimum absolute atomic E-state index is 0.302. The smallest absolute Gasteiger partial charge is 0.338 e. The average molecular weight is 347 g/mol. The fourth-order valence-corrected chi connectivity index (χ4v) is 3.16. The molecule has 0 aliphatic carbocycles. The Balaban J connectivity index is 2.35. The van der Waals surface area contributed by atoms with Crippen molar-refractivity contribution in [1.29, 1.82) is 0 Å². The van der Waals surface area contributed by atoms with E-state index in [0.29, 0.717) is 17.3 Å². The zero-order valence-electron chi connectivity index (χ0n) is 14.7. The van der Waals surface area contributed by atoms with Crippen molar-refractivity contribution in [1.82, 2.24) is 10.6 Å². The fraction of sp³-hybridized carbons (Fsp3) is 0.444. The van der Waals surface area contributed by atoms with Crippen molar-refractivity contribution in [3.8, 4) is 0 Å². The first-order valence-electron chi connectivity index (χ1n) is 8.32. The van der Waals surface area contributed by atoms with E-state index in [-0.39, 0.29) is 12.0 Å². The molecule has 0 bridgehead atoms. The van der Waals surface area contributed by atoms with Gasteiger partial charge in [-0.3, -0.25) is 0 Å². The third-order valence-electron chi connectivity index (χ3n) is 4.12. The maximum atomic E-state index is 12.4. The summed E-state index contributed by atoms with van der Waals surface area (Å²) in [5.74, 6) is -0.324. The standard InChI is InChI=1S/C18H25N3O2S/c1-5-21(6-2)14-10-8-13(9-11-14)16-15(17(22)23-7-3)12(4)19-18(24)20-16/h8-11,16H,5-7H2,1-4H3,(H2,19,20,24)/t16-/m0/s1. The zero-order valence-corrected chi connectivity index (χ0v) is 15.5. The molecule has 1 aromatic carbocycles. The van der Waals surface area contributed by atoms with Gasteiger partial charge in [0.2, 0.25) is 0 Å².